The molecule has 0 aliphatic carbocycles. The van der Waals surface area contributed by atoms with Crippen LogP contribution in [0.1, 0.15) is 27.8 Å². The first-order valence-corrected chi connectivity index (χ1v) is 8.92. The van der Waals surface area contributed by atoms with Gasteiger partial charge in [-0.3, -0.25) is 4.98 Å². The SMILES string of the molecule is CCOC(=O)c1n[nH]nc1-c1ccc2cccnc2c1OC(=O)c1ccccc1. The smallest absolute Gasteiger partial charge is 0.361 e. The van der Waals surface area contributed by atoms with Gasteiger partial charge in [0.1, 0.15) is 11.2 Å². The molecule has 0 fully saturated rings. The Labute approximate surface area is 165 Å². The van der Waals surface area contributed by atoms with Gasteiger partial charge in [0.05, 0.1) is 12.2 Å². The van der Waals surface area contributed by atoms with Gasteiger partial charge in [0.2, 0.25) is 0 Å². The topological polar surface area (TPSA) is 107 Å². The van der Waals surface area contributed by atoms with E-state index in [1.807, 2.05) is 12.1 Å². The predicted molar refractivity (Wildman–Crippen MR) is 104 cm³/mol. The molecule has 2 aromatic heterocycles. The Hall–Kier alpha value is -4.07. The van der Waals surface area contributed by atoms with Crippen LogP contribution in [0.25, 0.3) is 22.2 Å². The minimum atomic E-state index is -0.627. The van der Waals surface area contributed by atoms with E-state index in [9.17, 15) is 9.59 Å². The van der Waals surface area contributed by atoms with Crippen molar-refractivity contribution in [2.75, 3.05) is 6.61 Å². The lowest BCUT2D eigenvalue weighted by molar-refractivity contribution is 0.0520. The molecule has 0 bridgehead atoms. The zero-order valence-electron chi connectivity index (χ0n) is 15.5. The Morgan fingerprint density at radius 2 is 1.79 bits per heavy atom. The lowest BCUT2D eigenvalue weighted by Gasteiger charge is -2.12. The average Bonchev–Trinajstić information content (AvgIpc) is 3.24. The van der Waals surface area contributed by atoms with Gasteiger partial charge in [0.25, 0.3) is 0 Å². The summed E-state index contributed by atoms with van der Waals surface area (Å²) in [4.78, 5) is 29.3. The number of carbonyl (C=O) groups is 2. The summed E-state index contributed by atoms with van der Waals surface area (Å²) < 4.78 is 10.8. The van der Waals surface area contributed by atoms with Crippen molar-refractivity contribution in [3.63, 3.8) is 0 Å². The van der Waals surface area contributed by atoms with Crippen LogP contribution in [0.4, 0.5) is 0 Å². The minimum absolute atomic E-state index is 0.000795. The molecule has 0 saturated carbocycles. The number of aromatic amines is 1. The van der Waals surface area contributed by atoms with Crippen molar-refractivity contribution in [1.82, 2.24) is 20.4 Å². The Kier molecular flexibility index (Phi) is 4.98. The normalized spacial score (nSPS) is 10.7. The zero-order valence-corrected chi connectivity index (χ0v) is 15.5. The molecule has 0 spiro atoms. The van der Waals surface area contributed by atoms with Crippen LogP contribution in [0.2, 0.25) is 0 Å². The van der Waals surface area contributed by atoms with Crippen LogP contribution in [0.3, 0.4) is 0 Å². The second-order valence-corrected chi connectivity index (χ2v) is 6.01. The number of H-pyrrole nitrogens is 1. The number of fused-ring (bicyclic) bond motifs is 1. The van der Waals surface area contributed by atoms with Gasteiger partial charge in [-0.1, -0.05) is 30.3 Å². The largest absolute Gasteiger partial charge is 0.461 e. The molecule has 1 N–H and O–H groups in total. The van der Waals surface area contributed by atoms with Gasteiger partial charge in [-0.15, -0.1) is 5.10 Å². The molecule has 8 heteroatoms. The van der Waals surface area contributed by atoms with Crippen molar-refractivity contribution in [3.05, 3.63) is 72.1 Å². The van der Waals surface area contributed by atoms with E-state index in [0.29, 0.717) is 16.6 Å². The highest BCUT2D eigenvalue weighted by atomic mass is 16.5. The molecule has 4 aromatic rings. The highest BCUT2D eigenvalue weighted by Crippen LogP contribution is 2.36. The molecule has 29 heavy (non-hydrogen) atoms. The van der Waals surface area contributed by atoms with E-state index in [1.165, 1.54) is 0 Å². The molecule has 0 aliphatic rings. The van der Waals surface area contributed by atoms with Gasteiger partial charge in [0, 0.05) is 17.1 Å². The Bertz CT molecular complexity index is 1190. The number of benzene rings is 2. The molecule has 144 valence electrons. The van der Waals surface area contributed by atoms with E-state index in [-0.39, 0.29) is 23.7 Å². The van der Waals surface area contributed by atoms with Gasteiger partial charge < -0.3 is 9.47 Å². The Balaban J connectivity index is 1.86. The maximum Gasteiger partial charge on any atom is 0.361 e. The second kappa shape index (κ2) is 7.89. The van der Waals surface area contributed by atoms with Crippen molar-refractivity contribution in [1.29, 1.82) is 0 Å². The first-order chi connectivity index (χ1) is 14.2. The van der Waals surface area contributed by atoms with Crippen LogP contribution in [-0.4, -0.2) is 38.9 Å². The van der Waals surface area contributed by atoms with E-state index in [2.05, 4.69) is 20.4 Å². The maximum atomic E-state index is 12.7. The minimum Gasteiger partial charge on any atom is -0.461 e. The summed E-state index contributed by atoms with van der Waals surface area (Å²) in [7, 11) is 0. The first kappa shape index (κ1) is 18.3. The van der Waals surface area contributed by atoms with Crippen molar-refractivity contribution < 1.29 is 19.1 Å². The highest BCUT2D eigenvalue weighted by molar-refractivity contribution is 6.01. The maximum absolute atomic E-state index is 12.7. The number of hydrogen-bond acceptors (Lipinski definition) is 7. The third-order valence-electron chi connectivity index (χ3n) is 4.20. The summed E-state index contributed by atoms with van der Waals surface area (Å²) in [6, 6.07) is 15.8. The third kappa shape index (κ3) is 3.55. The number of aromatic nitrogens is 4. The standard InChI is InChI=1S/C21H16N4O4/c1-2-28-21(27)18-17(23-25-24-18)15-11-10-13-9-6-12-22-16(13)19(15)29-20(26)14-7-4-3-5-8-14/h3-12H,2H2,1H3,(H,23,24,25). The summed E-state index contributed by atoms with van der Waals surface area (Å²) in [5.41, 5.74) is 1.47. The first-order valence-electron chi connectivity index (χ1n) is 8.92. The third-order valence-corrected chi connectivity index (χ3v) is 4.20. The molecule has 8 nitrogen and oxygen atoms in total. The molecule has 0 aliphatic heterocycles. The summed E-state index contributed by atoms with van der Waals surface area (Å²) in [6.07, 6.45) is 1.60. The lowest BCUT2D eigenvalue weighted by atomic mass is 10.1. The van der Waals surface area contributed by atoms with Gasteiger partial charge in [-0.2, -0.15) is 10.3 Å². The number of esters is 2. The second-order valence-electron chi connectivity index (χ2n) is 6.01. The molecule has 0 atom stereocenters. The fourth-order valence-electron chi connectivity index (χ4n) is 2.89. The number of hydrogen-bond donors (Lipinski definition) is 1. The molecule has 4 rings (SSSR count). The van der Waals surface area contributed by atoms with Gasteiger partial charge >= 0.3 is 11.9 Å². The molecule has 0 saturated heterocycles. The van der Waals surface area contributed by atoms with Crippen molar-refractivity contribution >= 4 is 22.8 Å². The van der Waals surface area contributed by atoms with Crippen LogP contribution in [0.15, 0.2) is 60.8 Å². The van der Waals surface area contributed by atoms with Crippen LogP contribution in [0.5, 0.6) is 5.75 Å². The molecular weight excluding hydrogens is 372 g/mol. The van der Waals surface area contributed by atoms with E-state index < -0.39 is 11.9 Å². The molecular formula is C21H16N4O4. The van der Waals surface area contributed by atoms with Crippen LogP contribution in [-0.2, 0) is 4.74 Å². The number of carbonyl (C=O) groups excluding carboxylic acids is 2. The van der Waals surface area contributed by atoms with Crippen molar-refractivity contribution in [2.24, 2.45) is 0 Å². The van der Waals surface area contributed by atoms with Crippen molar-refractivity contribution in [2.45, 2.75) is 6.92 Å². The van der Waals surface area contributed by atoms with Crippen molar-refractivity contribution in [3.8, 4) is 17.0 Å². The fourth-order valence-corrected chi connectivity index (χ4v) is 2.89. The molecule has 2 aromatic carbocycles. The number of rotatable bonds is 5. The fraction of sp³-hybridized carbons (Fsp3) is 0.0952. The average molecular weight is 388 g/mol. The monoisotopic (exact) mass is 388 g/mol. The van der Waals surface area contributed by atoms with Crippen LogP contribution < -0.4 is 4.74 Å². The number of nitrogens with zero attached hydrogens (tertiary/aromatic N) is 3. The molecule has 0 amide bonds. The molecule has 0 unspecified atom stereocenters. The Morgan fingerprint density at radius 1 is 0.966 bits per heavy atom. The molecule has 2 heterocycles. The van der Waals surface area contributed by atoms with E-state index >= 15 is 0 Å². The summed E-state index contributed by atoms with van der Waals surface area (Å²) in [5, 5.41) is 11.2. The lowest BCUT2D eigenvalue weighted by Crippen LogP contribution is -2.11. The predicted octanol–water partition coefficient (Wildman–Crippen LogP) is 3.42. The number of nitrogens with one attached hydrogen (secondary N) is 1. The van der Waals surface area contributed by atoms with Crippen LogP contribution in [0, 0.1) is 0 Å². The van der Waals surface area contributed by atoms with E-state index in [0.717, 1.165) is 5.39 Å². The number of ether oxygens (including phenoxy) is 2. The van der Waals surface area contributed by atoms with Gasteiger partial charge in [-0.25, -0.2) is 9.59 Å². The molecule has 0 radical (unpaired) electrons. The van der Waals surface area contributed by atoms with Gasteiger partial charge in [0.15, 0.2) is 11.4 Å². The van der Waals surface area contributed by atoms with E-state index in [1.54, 1.807) is 55.6 Å². The summed E-state index contributed by atoms with van der Waals surface area (Å²) in [6.45, 7) is 1.89. The summed E-state index contributed by atoms with van der Waals surface area (Å²) >= 11 is 0. The zero-order chi connectivity index (χ0) is 20.2. The Morgan fingerprint density at radius 3 is 2.59 bits per heavy atom. The highest BCUT2D eigenvalue weighted by Gasteiger charge is 2.25. The number of pyridine rings is 1. The van der Waals surface area contributed by atoms with Gasteiger partial charge in [-0.05, 0) is 31.2 Å². The van der Waals surface area contributed by atoms with Crippen LogP contribution >= 0.6 is 0 Å². The summed E-state index contributed by atoms with van der Waals surface area (Å²) in [5.74, 6) is -0.986. The van der Waals surface area contributed by atoms with E-state index in [4.69, 9.17) is 9.47 Å². The quantitative estimate of drug-likeness (QED) is 0.412.